The zero-order valence-electron chi connectivity index (χ0n) is 6.24. The summed E-state index contributed by atoms with van der Waals surface area (Å²) in [5.74, 6) is -0.453. The predicted molar refractivity (Wildman–Crippen MR) is 42.5 cm³/mol. The van der Waals surface area contributed by atoms with Crippen molar-refractivity contribution in [1.82, 2.24) is 0 Å². The Kier molecular flexibility index (Phi) is 2.58. The Labute approximate surface area is 70.1 Å². The van der Waals surface area contributed by atoms with Crippen molar-refractivity contribution >= 4 is 8.80 Å². The highest BCUT2D eigenvalue weighted by atomic mass is 28.4. The molecule has 3 nitrogen and oxygen atoms in total. The zero-order valence-corrected chi connectivity index (χ0v) is 7.24. The molecule has 0 saturated heterocycles. The van der Waals surface area contributed by atoms with Crippen molar-refractivity contribution in [3.8, 4) is 0 Å². The molecule has 12 heavy (non-hydrogen) atoms. The standard InChI is InChI=1S/C7H9FO3Si/c8-7-3-1-2-6(4-7)5-12(9,10)11/h1-4,9-11H,5H2. The Morgan fingerprint density at radius 3 is 2.42 bits per heavy atom. The highest BCUT2D eigenvalue weighted by Crippen LogP contribution is 2.07. The van der Waals surface area contributed by atoms with E-state index in [2.05, 4.69) is 0 Å². The summed E-state index contributed by atoms with van der Waals surface area (Å²) >= 11 is 0. The van der Waals surface area contributed by atoms with Gasteiger partial charge in [0.05, 0.1) is 0 Å². The van der Waals surface area contributed by atoms with Gasteiger partial charge in [0.25, 0.3) is 0 Å². The maximum atomic E-state index is 12.5. The molecule has 0 saturated carbocycles. The van der Waals surface area contributed by atoms with Gasteiger partial charge in [-0.1, -0.05) is 12.1 Å². The lowest BCUT2D eigenvalue weighted by Gasteiger charge is -2.08. The highest BCUT2D eigenvalue weighted by molar-refractivity contribution is 6.55. The lowest BCUT2D eigenvalue weighted by Crippen LogP contribution is -2.37. The van der Waals surface area contributed by atoms with Crippen LogP contribution >= 0.6 is 0 Å². The van der Waals surface area contributed by atoms with Crippen molar-refractivity contribution in [2.24, 2.45) is 0 Å². The highest BCUT2D eigenvalue weighted by Gasteiger charge is 2.27. The smallest absolute Gasteiger partial charge is 0.390 e. The van der Waals surface area contributed by atoms with E-state index >= 15 is 0 Å². The second-order valence-corrected chi connectivity index (χ2v) is 4.48. The van der Waals surface area contributed by atoms with Crippen molar-refractivity contribution in [2.45, 2.75) is 6.04 Å². The summed E-state index contributed by atoms with van der Waals surface area (Å²) in [5, 5.41) is 0. The molecule has 0 aliphatic carbocycles. The third-order valence-electron chi connectivity index (χ3n) is 1.33. The fourth-order valence-corrected chi connectivity index (χ4v) is 1.69. The maximum absolute atomic E-state index is 12.5. The first-order valence-electron chi connectivity index (χ1n) is 3.39. The summed E-state index contributed by atoms with van der Waals surface area (Å²) < 4.78 is 12.5. The minimum absolute atomic E-state index is 0.273. The molecule has 0 aromatic heterocycles. The summed E-state index contributed by atoms with van der Waals surface area (Å²) in [6.45, 7) is 0. The minimum Gasteiger partial charge on any atom is -0.390 e. The fourth-order valence-electron chi connectivity index (χ4n) is 0.921. The predicted octanol–water partition coefficient (Wildman–Crippen LogP) is -0.177. The summed E-state index contributed by atoms with van der Waals surface area (Å²) in [4.78, 5) is 26.1. The Bertz CT molecular complexity index is 272. The molecule has 0 heterocycles. The Hall–Kier alpha value is -0.753. The minimum atomic E-state index is -4.09. The first-order valence-corrected chi connectivity index (χ1v) is 5.44. The van der Waals surface area contributed by atoms with Crippen LogP contribution in [-0.2, 0) is 6.04 Å². The summed E-state index contributed by atoms with van der Waals surface area (Å²) in [6.07, 6.45) is 0. The van der Waals surface area contributed by atoms with Gasteiger partial charge in [0.15, 0.2) is 0 Å². The molecule has 1 aromatic carbocycles. The molecule has 66 valence electrons. The van der Waals surface area contributed by atoms with Gasteiger partial charge in [0.1, 0.15) is 5.82 Å². The SMILES string of the molecule is O[Si](O)(O)Cc1cccc(F)c1. The van der Waals surface area contributed by atoms with Gasteiger partial charge in [-0.15, -0.1) is 0 Å². The number of rotatable bonds is 2. The number of hydrogen-bond donors (Lipinski definition) is 3. The number of halogens is 1. The van der Waals surface area contributed by atoms with Crippen LogP contribution in [0.2, 0.25) is 0 Å². The molecule has 1 rings (SSSR count). The molecule has 0 unspecified atom stereocenters. The fraction of sp³-hybridized carbons (Fsp3) is 0.143. The molecule has 5 heteroatoms. The molecule has 3 N–H and O–H groups in total. The average molecular weight is 188 g/mol. The molecule has 1 aromatic rings. The Morgan fingerprint density at radius 2 is 1.92 bits per heavy atom. The van der Waals surface area contributed by atoms with Crippen molar-refractivity contribution < 1.29 is 18.8 Å². The van der Waals surface area contributed by atoms with Gasteiger partial charge in [-0.05, 0) is 17.7 Å². The van der Waals surface area contributed by atoms with Crippen LogP contribution < -0.4 is 0 Å². The number of benzene rings is 1. The van der Waals surface area contributed by atoms with Crippen LogP contribution in [0, 0.1) is 5.82 Å². The van der Waals surface area contributed by atoms with E-state index in [1.54, 1.807) is 0 Å². The maximum Gasteiger partial charge on any atom is 0.497 e. The molecule has 0 aliphatic rings. The van der Waals surface area contributed by atoms with Crippen LogP contribution in [0.5, 0.6) is 0 Å². The summed E-state index contributed by atoms with van der Waals surface area (Å²) in [7, 11) is -4.09. The lowest BCUT2D eigenvalue weighted by molar-refractivity contribution is 0.227. The van der Waals surface area contributed by atoms with E-state index < -0.39 is 14.6 Å². The van der Waals surface area contributed by atoms with Gasteiger partial charge in [-0.3, -0.25) is 0 Å². The second-order valence-electron chi connectivity index (χ2n) is 2.58. The Morgan fingerprint density at radius 1 is 1.25 bits per heavy atom. The summed E-state index contributed by atoms with van der Waals surface area (Å²) in [6, 6.07) is 5.10. The van der Waals surface area contributed by atoms with E-state index in [1.165, 1.54) is 18.2 Å². The van der Waals surface area contributed by atoms with Crippen LogP contribution in [0.1, 0.15) is 5.56 Å². The normalized spacial score (nSPS) is 11.7. The van der Waals surface area contributed by atoms with Crippen molar-refractivity contribution in [3.05, 3.63) is 35.6 Å². The third-order valence-corrected chi connectivity index (χ3v) is 2.21. The van der Waals surface area contributed by atoms with Crippen molar-refractivity contribution in [3.63, 3.8) is 0 Å². The van der Waals surface area contributed by atoms with Gasteiger partial charge >= 0.3 is 8.80 Å². The van der Waals surface area contributed by atoms with E-state index in [-0.39, 0.29) is 6.04 Å². The first kappa shape index (κ1) is 9.34. The largest absolute Gasteiger partial charge is 0.497 e. The van der Waals surface area contributed by atoms with Gasteiger partial charge in [0, 0.05) is 6.04 Å². The zero-order chi connectivity index (χ0) is 9.19. The van der Waals surface area contributed by atoms with E-state index in [4.69, 9.17) is 14.4 Å². The van der Waals surface area contributed by atoms with Crippen LogP contribution in [0.15, 0.2) is 24.3 Å². The van der Waals surface area contributed by atoms with Crippen LogP contribution in [0.3, 0.4) is 0 Å². The molecule has 0 aliphatic heterocycles. The average Bonchev–Trinajstić information content (AvgIpc) is 1.82. The van der Waals surface area contributed by atoms with Crippen LogP contribution in [-0.4, -0.2) is 23.2 Å². The van der Waals surface area contributed by atoms with E-state index in [0.29, 0.717) is 5.56 Å². The van der Waals surface area contributed by atoms with E-state index in [1.807, 2.05) is 0 Å². The molecule has 0 atom stereocenters. The van der Waals surface area contributed by atoms with E-state index in [9.17, 15) is 4.39 Å². The van der Waals surface area contributed by atoms with Gasteiger partial charge in [-0.25, -0.2) is 4.39 Å². The van der Waals surface area contributed by atoms with E-state index in [0.717, 1.165) is 6.07 Å². The van der Waals surface area contributed by atoms with Crippen molar-refractivity contribution in [1.29, 1.82) is 0 Å². The van der Waals surface area contributed by atoms with Gasteiger partial charge in [0.2, 0.25) is 0 Å². The second kappa shape index (κ2) is 3.32. The molecular formula is C7H9FO3Si. The van der Waals surface area contributed by atoms with Crippen LogP contribution in [0.25, 0.3) is 0 Å². The molecule has 0 fully saturated rings. The third kappa shape index (κ3) is 3.10. The van der Waals surface area contributed by atoms with Crippen LogP contribution in [0.4, 0.5) is 4.39 Å². The van der Waals surface area contributed by atoms with Gasteiger partial charge < -0.3 is 14.4 Å². The molecular weight excluding hydrogens is 179 g/mol. The Balaban J connectivity index is 2.77. The molecule has 0 radical (unpaired) electrons. The quantitative estimate of drug-likeness (QED) is 0.564. The molecule has 0 amide bonds. The summed E-state index contributed by atoms with van der Waals surface area (Å²) in [5.41, 5.74) is 0.383. The monoisotopic (exact) mass is 188 g/mol. The lowest BCUT2D eigenvalue weighted by atomic mass is 10.2. The topological polar surface area (TPSA) is 60.7 Å². The molecule has 0 spiro atoms. The van der Waals surface area contributed by atoms with Crippen molar-refractivity contribution in [2.75, 3.05) is 0 Å². The molecule has 0 bridgehead atoms. The first-order chi connectivity index (χ1) is 5.47. The van der Waals surface area contributed by atoms with Gasteiger partial charge in [-0.2, -0.15) is 0 Å². The number of hydrogen-bond acceptors (Lipinski definition) is 3.